The molecular weight excluding hydrogens is 238 g/mol. The van der Waals surface area contributed by atoms with Crippen LogP contribution in [0.5, 0.6) is 0 Å². The van der Waals surface area contributed by atoms with Gasteiger partial charge in [-0.1, -0.05) is 6.07 Å². The Bertz CT molecular complexity index is 816. The maximum atomic E-state index is 9.11. The predicted octanol–water partition coefficient (Wildman–Crippen LogP) is 2.15. The molecule has 19 heavy (non-hydrogen) atoms. The van der Waals surface area contributed by atoms with Crippen LogP contribution in [0, 0.1) is 18.3 Å². The fourth-order valence-electron chi connectivity index (χ4n) is 2.32. The predicted molar refractivity (Wildman–Crippen MR) is 72.4 cm³/mol. The number of benzene rings is 1. The van der Waals surface area contributed by atoms with E-state index in [0.29, 0.717) is 5.69 Å². The van der Waals surface area contributed by atoms with Gasteiger partial charge in [-0.15, -0.1) is 0 Å². The Morgan fingerprint density at radius 2 is 2.05 bits per heavy atom. The first-order valence-electron chi connectivity index (χ1n) is 5.96. The third-order valence-corrected chi connectivity index (χ3v) is 3.42. The van der Waals surface area contributed by atoms with E-state index in [4.69, 9.17) is 5.26 Å². The van der Waals surface area contributed by atoms with E-state index in [1.54, 1.807) is 6.33 Å². The molecule has 0 atom stereocenters. The van der Waals surface area contributed by atoms with Crippen molar-refractivity contribution in [3.63, 3.8) is 0 Å². The third-order valence-electron chi connectivity index (χ3n) is 3.42. The van der Waals surface area contributed by atoms with E-state index in [9.17, 15) is 0 Å². The highest BCUT2D eigenvalue weighted by atomic mass is 15.1. The van der Waals surface area contributed by atoms with Gasteiger partial charge in [0.1, 0.15) is 11.9 Å². The molecule has 2 aromatic heterocycles. The lowest BCUT2D eigenvalue weighted by molar-refractivity contribution is 0.886. The van der Waals surface area contributed by atoms with E-state index in [0.717, 1.165) is 28.1 Å². The van der Waals surface area contributed by atoms with Crippen molar-refractivity contribution in [3.05, 3.63) is 36.0 Å². The molecule has 0 radical (unpaired) electrons. The zero-order valence-electron chi connectivity index (χ0n) is 11.0. The average molecular weight is 251 g/mol. The number of aryl methyl sites for hydroxylation is 3. The molecule has 0 aliphatic heterocycles. The van der Waals surface area contributed by atoms with E-state index >= 15 is 0 Å². The van der Waals surface area contributed by atoms with Crippen molar-refractivity contribution in [2.45, 2.75) is 6.92 Å². The molecule has 94 valence electrons. The summed E-state index contributed by atoms with van der Waals surface area (Å²) in [7, 11) is 3.88. The Balaban J connectivity index is 2.27. The summed E-state index contributed by atoms with van der Waals surface area (Å²) in [4.78, 5) is 8.61. The third kappa shape index (κ3) is 1.61. The number of imidazole rings is 2. The molecule has 5 heteroatoms. The van der Waals surface area contributed by atoms with Gasteiger partial charge in [-0.25, -0.2) is 9.97 Å². The maximum absolute atomic E-state index is 9.11. The number of aromatic nitrogens is 4. The van der Waals surface area contributed by atoms with Gasteiger partial charge in [-0.3, -0.25) is 0 Å². The molecule has 1 aromatic carbocycles. The van der Waals surface area contributed by atoms with Gasteiger partial charge in [-0.05, 0) is 19.1 Å². The Labute approximate surface area is 110 Å². The maximum Gasteiger partial charge on any atom is 0.166 e. The molecule has 0 saturated carbocycles. The molecule has 0 bridgehead atoms. The fourth-order valence-corrected chi connectivity index (χ4v) is 2.32. The smallest absolute Gasteiger partial charge is 0.166 e. The molecule has 0 N–H and O–H groups in total. The molecule has 0 unspecified atom stereocenters. The van der Waals surface area contributed by atoms with Gasteiger partial charge in [0.2, 0.25) is 0 Å². The van der Waals surface area contributed by atoms with Crippen molar-refractivity contribution in [1.29, 1.82) is 5.26 Å². The molecule has 0 fully saturated rings. The first-order valence-corrected chi connectivity index (χ1v) is 5.96. The quantitative estimate of drug-likeness (QED) is 0.665. The zero-order chi connectivity index (χ0) is 13.6. The van der Waals surface area contributed by atoms with E-state index < -0.39 is 0 Å². The SMILES string of the molecule is Cc1nc2cc(-c3c(C#N)ncn3C)ccc2n1C. The van der Waals surface area contributed by atoms with Crippen LogP contribution in [0.2, 0.25) is 0 Å². The van der Waals surface area contributed by atoms with Crippen LogP contribution in [0.25, 0.3) is 22.3 Å². The van der Waals surface area contributed by atoms with Gasteiger partial charge in [0.15, 0.2) is 5.69 Å². The second-order valence-electron chi connectivity index (χ2n) is 4.59. The highest BCUT2D eigenvalue weighted by Gasteiger charge is 2.12. The van der Waals surface area contributed by atoms with Crippen LogP contribution in [-0.4, -0.2) is 19.1 Å². The summed E-state index contributed by atoms with van der Waals surface area (Å²) in [6.45, 7) is 1.98. The second-order valence-corrected chi connectivity index (χ2v) is 4.59. The summed E-state index contributed by atoms with van der Waals surface area (Å²) >= 11 is 0. The van der Waals surface area contributed by atoms with Crippen LogP contribution in [-0.2, 0) is 14.1 Å². The second kappa shape index (κ2) is 3.95. The van der Waals surface area contributed by atoms with E-state index in [1.807, 2.05) is 48.4 Å². The molecule has 0 amide bonds. The number of nitrogens with zero attached hydrogens (tertiary/aromatic N) is 5. The minimum Gasteiger partial charge on any atom is -0.333 e. The van der Waals surface area contributed by atoms with E-state index in [2.05, 4.69) is 16.0 Å². The van der Waals surface area contributed by atoms with Crippen LogP contribution >= 0.6 is 0 Å². The highest BCUT2D eigenvalue weighted by Crippen LogP contribution is 2.26. The van der Waals surface area contributed by atoms with Crippen molar-refractivity contribution in [1.82, 2.24) is 19.1 Å². The van der Waals surface area contributed by atoms with Gasteiger partial charge in [0.25, 0.3) is 0 Å². The standard InChI is InChI=1S/C14H13N5/c1-9-17-11-6-10(4-5-13(11)19(9)3)14-12(7-15)16-8-18(14)2/h4-6,8H,1-3H3. The zero-order valence-corrected chi connectivity index (χ0v) is 11.0. The van der Waals surface area contributed by atoms with E-state index in [-0.39, 0.29) is 0 Å². The van der Waals surface area contributed by atoms with Crippen molar-refractivity contribution < 1.29 is 0 Å². The lowest BCUT2D eigenvalue weighted by Crippen LogP contribution is -1.92. The largest absolute Gasteiger partial charge is 0.333 e. The van der Waals surface area contributed by atoms with Gasteiger partial charge < -0.3 is 9.13 Å². The summed E-state index contributed by atoms with van der Waals surface area (Å²) in [5, 5.41) is 9.11. The first-order chi connectivity index (χ1) is 9.11. The van der Waals surface area contributed by atoms with E-state index in [1.165, 1.54) is 0 Å². The van der Waals surface area contributed by atoms with Crippen molar-refractivity contribution in [2.75, 3.05) is 0 Å². The Morgan fingerprint density at radius 3 is 2.79 bits per heavy atom. The van der Waals surface area contributed by atoms with Crippen LogP contribution in [0.3, 0.4) is 0 Å². The summed E-state index contributed by atoms with van der Waals surface area (Å²) < 4.78 is 3.91. The average Bonchev–Trinajstić information content (AvgIpc) is 2.90. The van der Waals surface area contributed by atoms with Crippen LogP contribution in [0.15, 0.2) is 24.5 Å². The van der Waals surface area contributed by atoms with Gasteiger partial charge in [-0.2, -0.15) is 5.26 Å². The van der Waals surface area contributed by atoms with Crippen LogP contribution < -0.4 is 0 Å². The number of nitriles is 1. The summed E-state index contributed by atoms with van der Waals surface area (Å²) in [5.41, 5.74) is 4.24. The highest BCUT2D eigenvalue weighted by molar-refractivity contribution is 5.82. The molecule has 0 spiro atoms. The van der Waals surface area contributed by atoms with Crippen LogP contribution in [0.4, 0.5) is 0 Å². The van der Waals surface area contributed by atoms with Crippen molar-refractivity contribution >= 4 is 11.0 Å². The molecule has 0 aliphatic rings. The van der Waals surface area contributed by atoms with Crippen LogP contribution in [0.1, 0.15) is 11.5 Å². The Morgan fingerprint density at radius 1 is 1.26 bits per heavy atom. The minimum atomic E-state index is 0.439. The summed E-state index contributed by atoms with van der Waals surface area (Å²) in [6.07, 6.45) is 1.65. The minimum absolute atomic E-state index is 0.439. The molecule has 0 aliphatic carbocycles. The molecular formula is C14H13N5. The Kier molecular flexibility index (Phi) is 2.39. The molecule has 2 heterocycles. The monoisotopic (exact) mass is 251 g/mol. The van der Waals surface area contributed by atoms with Crippen molar-refractivity contribution in [2.24, 2.45) is 14.1 Å². The van der Waals surface area contributed by atoms with Gasteiger partial charge in [0.05, 0.1) is 23.1 Å². The lowest BCUT2D eigenvalue weighted by Gasteiger charge is -2.03. The number of hydrogen-bond donors (Lipinski definition) is 0. The molecule has 3 aromatic rings. The first kappa shape index (κ1) is 11.5. The van der Waals surface area contributed by atoms with Crippen molar-refractivity contribution in [3.8, 4) is 17.3 Å². The summed E-state index contributed by atoms with van der Waals surface area (Å²) in [6, 6.07) is 8.15. The summed E-state index contributed by atoms with van der Waals surface area (Å²) in [5.74, 6) is 0.970. The number of rotatable bonds is 1. The molecule has 5 nitrogen and oxygen atoms in total. The van der Waals surface area contributed by atoms with Gasteiger partial charge >= 0.3 is 0 Å². The molecule has 3 rings (SSSR count). The number of hydrogen-bond acceptors (Lipinski definition) is 3. The van der Waals surface area contributed by atoms with Gasteiger partial charge in [0, 0.05) is 19.7 Å². The lowest BCUT2D eigenvalue weighted by atomic mass is 10.1. The Hall–Kier alpha value is -2.61. The number of fused-ring (bicyclic) bond motifs is 1. The fraction of sp³-hybridized carbons (Fsp3) is 0.214. The normalized spacial score (nSPS) is 10.8. The molecule has 0 saturated heterocycles. The topological polar surface area (TPSA) is 59.4 Å².